The summed E-state index contributed by atoms with van der Waals surface area (Å²) in [5, 5.41) is 3.22. The molecule has 2 fully saturated rings. The van der Waals surface area contributed by atoms with Gasteiger partial charge in [-0.05, 0) is 30.9 Å². The summed E-state index contributed by atoms with van der Waals surface area (Å²) in [7, 11) is 0. The molecule has 0 N–H and O–H groups in total. The van der Waals surface area contributed by atoms with Crippen molar-refractivity contribution >= 4 is 44.7 Å². The van der Waals surface area contributed by atoms with Gasteiger partial charge in [0.25, 0.3) is 0 Å². The fraction of sp³-hybridized carbons (Fsp3) is 0.476. The van der Waals surface area contributed by atoms with Crippen LogP contribution in [0.25, 0.3) is 20.9 Å². The molecule has 30 heavy (non-hydrogen) atoms. The largest absolute Gasteiger partial charge is 0.378 e. The van der Waals surface area contributed by atoms with E-state index in [1.807, 2.05) is 15.9 Å². The van der Waals surface area contributed by atoms with E-state index in [0.717, 1.165) is 39.8 Å². The molecule has 0 aliphatic carbocycles. The Morgan fingerprint density at radius 1 is 1.03 bits per heavy atom. The molecule has 2 aliphatic rings. The highest BCUT2D eigenvalue weighted by Gasteiger charge is 2.28. The zero-order valence-corrected chi connectivity index (χ0v) is 18.9. The van der Waals surface area contributed by atoms with E-state index >= 15 is 0 Å². The van der Waals surface area contributed by atoms with E-state index in [0.29, 0.717) is 39.4 Å². The topological polar surface area (TPSA) is 61.8 Å². The van der Waals surface area contributed by atoms with E-state index in [2.05, 4.69) is 30.2 Å². The molecule has 0 unspecified atom stereocenters. The molecule has 0 saturated carbocycles. The number of rotatable bonds is 2. The summed E-state index contributed by atoms with van der Waals surface area (Å²) in [4.78, 5) is 32.3. The van der Waals surface area contributed by atoms with Crippen molar-refractivity contribution in [2.75, 3.05) is 57.4 Å². The minimum absolute atomic E-state index is 0.132. The summed E-state index contributed by atoms with van der Waals surface area (Å²) < 4.78 is 5.37. The number of aryl methyl sites for hydroxylation is 2. The van der Waals surface area contributed by atoms with Crippen LogP contribution in [-0.2, 0) is 4.74 Å². The van der Waals surface area contributed by atoms with Crippen molar-refractivity contribution in [2.45, 2.75) is 13.8 Å². The molecule has 5 rings (SSSR count). The number of urea groups is 1. The number of hydrogen-bond acceptors (Lipinski definition) is 7. The Morgan fingerprint density at radius 2 is 1.77 bits per heavy atom. The number of anilines is 1. The first-order chi connectivity index (χ1) is 14.6. The molecule has 0 radical (unpaired) electrons. The number of aromatic nitrogens is 2. The molecule has 158 valence electrons. The molecule has 0 atom stereocenters. The van der Waals surface area contributed by atoms with Gasteiger partial charge in [0.15, 0.2) is 5.82 Å². The highest BCUT2D eigenvalue weighted by Crippen LogP contribution is 2.37. The molecule has 0 bridgehead atoms. The first-order valence-corrected chi connectivity index (χ1v) is 12.0. The van der Waals surface area contributed by atoms with Gasteiger partial charge < -0.3 is 19.4 Å². The van der Waals surface area contributed by atoms with E-state index in [9.17, 15) is 4.79 Å². The number of fused-ring (bicyclic) bond motifs is 1. The van der Waals surface area contributed by atoms with Crippen molar-refractivity contribution < 1.29 is 9.53 Å². The lowest BCUT2D eigenvalue weighted by Gasteiger charge is -2.39. The lowest BCUT2D eigenvalue weighted by Crippen LogP contribution is -2.55. The average Bonchev–Trinajstić information content (AvgIpc) is 3.42. The van der Waals surface area contributed by atoms with E-state index in [1.165, 1.54) is 10.4 Å². The Morgan fingerprint density at radius 3 is 2.47 bits per heavy atom. The van der Waals surface area contributed by atoms with Crippen LogP contribution in [0.1, 0.15) is 10.4 Å². The van der Waals surface area contributed by atoms with Crippen LogP contribution in [0.4, 0.5) is 10.6 Å². The number of thiophene rings is 2. The van der Waals surface area contributed by atoms with Gasteiger partial charge in [-0.15, -0.1) is 22.7 Å². The van der Waals surface area contributed by atoms with E-state index in [1.54, 1.807) is 22.7 Å². The summed E-state index contributed by atoms with van der Waals surface area (Å²) in [5.74, 6) is 1.80. The zero-order chi connectivity index (χ0) is 20.7. The van der Waals surface area contributed by atoms with Crippen molar-refractivity contribution in [3.63, 3.8) is 0 Å². The van der Waals surface area contributed by atoms with Crippen LogP contribution in [-0.4, -0.2) is 78.3 Å². The van der Waals surface area contributed by atoms with Crippen LogP contribution >= 0.6 is 22.7 Å². The molecule has 9 heteroatoms. The highest BCUT2D eigenvalue weighted by atomic mass is 32.1. The fourth-order valence-electron chi connectivity index (χ4n) is 4.04. The Kier molecular flexibility index (Phi) is 5.34. The highest BCUT2D eigenvalue weighted by molar-refractivity contribution is 7.19. The van der Waals surface area contributed by atoms with Gasteiger partial charge in [0.05, 0.1) is 23.5 Å². The number of nitrogens with zero attached hydrogens (tertiary/aromatic N) is 5. The zero-order valence-electron chi connectivity index (χ0n) is 17.3. The standard InChI is InChI=1S/C21H25N5O2S2/c1-14-15(2)30-20-17(14)19(22-18(23-20)16-4-3-13-29-16)24-5-7-25(8-6-24)21(27)26-9-11-28-12-10-26/h3-4,13H,5-12H2,1-2H3. The second kappa shape index (κ2) is 8.13. The van der Waals surface area contributed by atoms with Gasteiger partial charge >= 0.3 is 6.03 Å². The van der Waals surface area contributed by atoms with Crippen LogP contribution < -0.4 is 4.90 Å². The summed E-state index contributed by atoms with van der Waals surface area (Å²) >= 11 is 3.40. The minimum Gasteiger partial charge on any atom is -0.378 e. The van der Waals surface area contributed by atoms with Crippen molar-refractivity contribution in [3.05, 3.63) is 28.0 Å². The molecule has 0 aromatic carbocycles. The third-order valence-corrected chi connectivity index (χ3v) is 7.85. The molecular formula is C21H25N5O2S2. The molecular weight excluding hydrogens is 418 g/mol. The number of carbonyl (C=O) groups is 1. The predicted molar refractivity (Wildman–Crippen MR) is 122 cm³/mol. The van der Waals surface area contributed by atoms with Crippen LogP contribution in [0.15, 0.2) is 17.5 Å². The van der Waals surface area contributed by atoms with Crippen LogP contribution in [0.3, 0.4) is 0 Å². The summed E-state index contributed by atoms with van der Waals surface area (Å²) in [6.45, 7) is 9.91. The maximum absolute atomic E-state index is 12.8. The van der Waals surface area contributed by atoms with Gasteiger partial charge in [-0.3, -0.25) is 0 Å². The maximum atomic E-state index is 12.8. The maximum Gasteiger partial charge on any atom is 0.320 e. The predicted octanol–water partition coefficient (Wildman–Crippen LogP) is 3.61. The first kappa shape index (κ1) is 19.7. The summed E-state index contributed by atoms with van der Waals surface area (Å²) in [6.07, 6.45) is 0. The number of carbonyl (C=O) groups excluding carboxylic acids is 1. The van der Waals surface area contributed by atoms with Crippen molar-refractivity contribution in [1.29, 1.82) is 0 Å². The molecule has 5 heterocycles. The van der Waals surface area contributed by atoms with Gasteiger partial charge in [0.2, 0.25) is 0 Å². The molecule has 3 aromatic heterocycles. The third-order valence-electron chi connectivity index (χ3n) is 5.88. The number of morpholine rings is 1. The fourth-order valence-corrected chi connectivity index (χ4v) is 5.72. The Hall–Kier alpha value is -2.23. The number of ether oxygens (including phenoxy) is 1. The van der Waals surface area contributed by atoms with E-state index in [-0.39, 0.29) is 6.03 Å². The Bertz CT molecular complexity index is 1050. The van der Waals surface area contributed by atoms with Gasteiger partial charge in [0, 0.05) is 44.1 Å². The normalized spacial score (nSPS) is 17.7. The monoisotopic (exact) mass is 443 g/mol. The van der Waals surface area contributed by atoms with Crippen molar-refractivity contribution in [3.8, 4) is 10.7 Å². The van der Waals surface area contributed by atoms with Gasteiger partial charge in [0.1, 0.15) is 10.6 Å². The average molecular weight is 444 g/mol. The Balaban J connectivity index is 1.41. The number of piperazine rings is 1. The minimum atomic E-state index is 0.132. The van der Waals surface area contributed by atoms with E-state index in [4.69, 9.17) is 14.7 Å². The Labute approximate surface area is 183 Å². The lowest BCUT2D eigenvalue weighted by molar-refractivity contribution is 0.0428. The second-order valence-corrected chi connectivity index (χ2v) is 9.82. The second-order valence-electron chi connectivity index (χ2n) is 7.67. The SMILES string of the molecule is Cc1sc2nc(-c3cccs3)nc(N3CCN(C(=O)N4CCOCC4)CC3)c2c1C. The summed E-state index contributed by atoms with van der Waals surface area (Å²) in [5.41, 5.74) is 1.26. The number of amides is 2. The molecule has 3 aromatic rings. The van der Waals surface area contributed by atoms with Gasteiger partial charge in [-0.25, -0.2) is 14.8 Å². The van der Waals surface area contributed by atoms with Crippen LogP contribution in [0.5, 0.6) is 0 Å². The molecule has 0 spiro atoms. The van der Waals surface area contributed by atoms with E-state index < -0.39 is 0 Å². The quantitative estimate of drug-likeness (QED) is 0.606. The van der Waals surface area contributed by atoms with Crippen molar-refractivity contribution in [1.82, 2.24) is 19.8 Å². The smallest absolute Gasteiger partial charge is 0.320 e. The lowest BCUT2D eigenvalue weighted by atomic mass is 10.2. The molecule has 2 saturated heterocycles. The van der Waals surface area contributed by atoms with Crippen molar-refractivity contribution in [2.24, 2.45) is 0 Å². The first-order valence-electron chi connectivity index (χ1n) is 10.3. The van der Waals surface area contributed by atoms with Gasteiger partial charge in [-0.2, -0.15) is 0 Å². The van der Waals surface area contributed by atoms with Crippen LogP contribution in [0.2, 0.25) is 0 Å². The van der Waals surface area contributed by atoms with Crippen LogP contribution in [0, 0.1) is 13.8 Å². The molecule has 2 aliphatic heterocycles. The molecule has 2 amide bonds. The third kappa shape index (κ3) is 3.55. The summed E-state index contributed by atoms with van der Waals surface area (Å²) in [6, 6.07) is 4.24. The number of hydrogen-bond donors (Lipinski definition) is 0. The van der Waals surface area contributed by atoms with Gasteiger partial charge in [-0.1, -0.05) is 6.07 Å². The molecule has 7 nitrogen and oxygen atoms in total.